The summed E-state index contributed by atoms with van der Waals surface area (Å²) in [4.78, 5) is 16.8. The van der Waals surface area contributed by atoms with E-state index in [1.54, 1.807) is 0 Å². The van der Waals surface area contributed by atoms with Gasteiger partial charge in [-0.05, 0) is 44.7 Å². The highest BCUT2D eigenvalue weighted by molar-refractivity contribution is 8.00. The number of carbonyl (C=O) groups excluding carboxylic acids is 1. The summed E-state index contributed by atoms with van der Waals surface area (Å²) in [5.41, 5.74) is 3.03. The third-order valence-corrected chi connectivity index (χ3v) is 4.79. The molecular formula is C16H20N4OS. The summed E-state index contributed by atoms with van der Waals surface area (Å²) < 4.78 is 0. The van der Waals surface area contributed by atoms with Crippen LogP contribution in [0.2, 0.25) is 0 Å². The zero-order valence-corrected chi connectivity index (χ0v) is 13.8. The van der Waals surface area contributed by atoms with Crippen molar-refractivity contribution < 1.29 is 4.79 Å². The fourth-order valence-corrected chi connectivity index (χ4v) is 3.03. The quantitative estimate of drug-likeness (QED) is 0.829. The molecule has 1 aliphatic carbocycles. The van der Waals surface area contributed by atoms with Gasteiger partial charge >= 0.3 is 0 Å². The maximum absolute atomic E-state index is 12.4. The van der Waals surface area contributed by atoms with E-state index in [9.17, 15) is 4.79 Å². The molecule has 0 spiro atoms. The van der Waals surface area contributed by atoms with Gasteiger partial charge in [-0.25, -0.2) is 4.98 Å². The van der Waals surface area contributed by atoms with Crippen LogP contribution in [0.5, 0.6) is 0 Å². The number of anilines is 1. The van der Waals surface area contributed by atoms with Gasteiger partial charge in [0, 0.05) is 11.6 Å². The molecule has 0 saturated heterocycles. The van der Waals surface area contributed by atoms with Crippen LogP contribution in [-0.4, -0.2) is 26.3 Å². The molecule has 5 nitrogen and oxygen atoms in total. The highest BCUT2D eigenvalue weighted by Crippen LogP contribution is 2.38. The second kappa shape index (κ2) is 6.12. The number of carbonyl (C=O) groups is 1. The smallest absolute Gasteiger partial charge is 0.237 e. The number of hydrogen-bond acceptors (Lipinski definition) is 4. The van der Waals surface area contributed by atoms with Gasteiger partial charge in [0.2, 0.25) is 11.1 Å². The van der Waals surface area contributed by atoms with E-state index in [1.807, 2.05) is 39.0 Å². The molecule has 1 fully saturated rings. The molecule has 1 unspecified atom stereocenters. The van der Waals surface area contributed by atoms with Gasteiger partial charge in [-0.2, -0.15) is 0 Å². The van der Waals surface area contributed by atoms with Crippen LogP contribution in [0.15, 0.2) is 23.4 Å². The molecule has 3 rings (SSSR count). The lowest BCUT2D eigenvalue weighted by molar-refractivity contribution is -0.115. The number of rotatable bonds is 5. The van der Waals surface area contributed by atoms with Crippen LogP contribution in [-0.2, 0) is 4.79 Å². The van der Waals surface area contributed by atoms with E-state index in [4.69, 9.17) is 0 Å². The van der Waals surface area contributed by atoms with Crippen LogP contribution in [0.4, 0.5) is 5.69 Å². The SMILES string of the molecule is Cc1cccc(C)c1NC(=O)C(C)Sc1n[nH]c(C2CC2)n1. The van der Waals surface area contributed by atoms with Gasteiger partial charge in [-0.1, -0.05) is 30.0 Å². The minimum atomic E-state index is -0.248. The Morgan fingerprint density at radius 1 is 1.36 bits per heavy atom. The predicted molar refractivity (Wildman–Crippen MR) is 88.2 cm³/mol. The summed E-state index contributed by atoms with van der Waals surface area (Å²) in [5, 5.41) is 10.6. The molecule has 1 heterocycles. The van der Waals surface area contributed by atoms with Crippen molar-refractivity contribution in [3.05, 3.63) is 35.2 Å². The van der Waals surface area contributed by atoms with Crippen LogP contribution in [0.25, 0.3) is 0 Å². The minimum absolute atomic E-state index is 0.0276. The van der Waals surface area contributed by atoms with Crippen molar-refractivity contribution in [2.24, 2.45) is 0 Å². The molecule has 116 valence electrons. The Kier molecular flexibility index (Phi) is 4.20. The van der Waals surface area contributed by atoms with Gasteiger partial charge in [0.15, 0.2) is 0 Å². The number of para-hydroxylation sites is 1. The number of H-pyrrole nitrogens is 1. The first-order valence-electron chi connectivity index (χ1n) is 7.50. The largest absolute Gasteiger partial charge is 0.325 e. The number of benzene rings is 1. The molecule has 6 heteroatoms. The summed E-state index contributed by atoms with van der Waals surface area (Å²) >= 11 is 1.38. The normalized spacial score (nSPS) is 15.6. The van der Waals surface area contributed by atoms with Crippen LogP contribution in [0.3, 0.4) is 0 Å². The van der Waals surface area contributed by atoms with Gasteiger partial charge in [-0.3, -0.25) is 9.89 Å². The first-order valence-corrected chi connectivity index (χ1v) is 8.38. The number of aromatic amines is 1. The Bertz CT molecular complexity index is 673. The summed E-state index contributed by atoms with van der Waals surface area (Å²) in [6, 6.07) is 5.99. The molecule has 1 atom stereocenters. The molecular weight excluding hydrogens is 296 g/mol. The van der Waals surface area contributed by atoms with Crippen molar-refractivity contribution in [1.82, 2.24) is 15.2 Å². The number of nitrogens with one attached hydrogen (secondary N) is 2. The van der Waals surface area contributed by atoms with Crippen molar-refractivity contribution in [3.8, 4) is 0 Å². The topological polar surface area (TPSA) is 70.7 Å². The Labute approximate surface area is 134 Å². The lowest BCUT2D eigenvalue weighted by Gasteiger charge is -2.14. The van der Waals surface area contributed by atoms with Crippen LogP contribution >= 0.6 is 11.8 Å². The summed E-state index contributed by atoms with van der Waals surface area (Å²) in [6.07, 6.45) is 2.36. The third kappa shape index (κ3) is 3.32. The van der Waals surface area contributed by atoms with Crippen molar-refractivity contribution in [2.75, 3.05) is 5.32 Å². The van der Waals surface area contributed by atoms with Crippen LogP contribution in [0.1, 0.15) is 42.6 Å². The van der Waals surface area contributed by atoms with Gasteiger partial charge in [0.1, 0.15) is 5.82 Å². The molecule has 0 radical (unpaired) electrons. The van der Waals surface area contributed by atoms with E-state index < -0.39 is 0 Å². The minimum Gasteiger partial charge on any atom is -0.325 e. The Hall–Kier alpha value is -1.82. The lowest BCUT2D eigenvalue weighted by Crippen LogP contribution is -2.23. The average Bonchev–Trinajstić information content (AvgIpc) is 3.23. The zero-order chi connectivity index (χ0) is 15.7. The summed E-state index contributed by atoms with van der Waals surface area (Å²) in [7, 11) is 0. The third-order valence-electron chi connectivity index (χ3n) is 3.83. The second-order valence-corrected chi connectivity index (χ2v) is 7.10. The molecule has 22 heavy (non-hydrogen) atoms. The fraction of sp³-hybridized carbons (Fsp3) is 0.438. The van der Waals surface area contributed by atoms with E-state index in [1.165, 1.54) is 24.6 Å². The molecule has 2 N–H and O–H groups in total. The number of aromatic nitrogens is 3. The Morgan fingerprint density at radius 2 is 2.05 bits per heavy atom. The second-order valence-electron chi connectivity index (χ2n) is 5.79. The molecule has 0 aliphatic heterocycles. The maximum Gasteiger partial charge on any atom is 0.237 e. The van der Waals surface area contributed by atoms with Gasteiger partial charge < -0.3 is 5.32 Å². The first kappa shape index (κ1) is 15.1. The van der Waals surface area contributed by atoms with Crippen LogP contribution < -0.4 is 5.32 Å². The van der Waals surface area contributed by atoms with E-state index in [2.05, 4.69) is 20.5 Å². The average molecular weight is 316 g/mol. The molecule has 1 saturated carbocycles. The fourth-order valence-electron chi connectivity index (χ4n) is 2.30. The number of aryl methyl sites for hydroxylation is 2. The number of hydrogen-bond donors (Lipinski definition) is 2. The predicted octanol–water partition coefficient (Wildman–Crippen LogP) is 3.42. The lowest BCUT2D eigenvalue weighted by atomic mass is 10.1. The molecule has 1 aromatic carbocycles. The number of amides is 1. The van der Waals surface area contributed by atoms with E-state index >= 15 is 0 Å². The van der Waals surface area contributed by atoms with Crippen molar-refractivity contribution in [2.45, 2.75) is 49.9 Å². The maximum atomic E-state index is 12.4. The molecule has 0 bridgehead atoms. The van der Waals surface area contributed by atoms with Gasteiger partial charge in [-0.15, -0.1) is 5.10 Å². The van der Waals surface area contributed by atoms with E-state index in [-0.39, 0.29) is 11.2 Å². The van der Waals surface area contributed by atoms with E-state index in [0.717, 1.165) is 22.6 Å². The standard InChI is InChI=1S/C16H20N4OS/c1-9-5-4-6-10(2)13(9)17-15(21)11(3)22-16-18-14(19-20-16)12-7-8-12/h4-6,11-12H,7-8H2,1-3H3,(H,17,21)(H,18,19,20). The summed E-state index contributed by atoms with van der Waals surface area (Å²) in [5.74, 6) is 1.46. The molecule has 2 aromatic rings. The molecule has 1 amide bonds. The monoisotopic (exact) mass is 316 g/mol. The molecule has 1 aliphatic rings. The van der Waals surface area contributed by atoms with Crippen LogP contribution in [0, 0.1) is 13.8 Å². The zero-order valence-electron chi connectivity index (χ0n) is 13.0. The van der Waals surface area contributed by atoms with Crippen molar-refractivity contribution in [1.29, 1.82) is 0 Å². The first-order chi connectivity index (χ1) is 10.5. The van der Waals surface area contributed by atoms with Gasteiger partial charge in [0.05, 0.1) is 5.25 Å². The molecule has 1 aromatic heterocycles. The number of nitrogens with zero attached hydrogens (tertiary/aromatic N) is 2. The Balaban J connectivity index is 1.63. The highest BCUT2D eigenvalue weighted by atomic mass is 32.2. The van der Waals surface area contributed by atoms with Crippen molar-refractivity contribution >= 4 is 23.4 Å². The summed E-state index contributed by atoms with van der Waals surface area (Å²) in [6.45, 7) is 5.87. The van der Waals surface area contributed by atoms with E-state index in [0.29, 0.717) is 11.1 Å². The van der Waals surface area contributed by atoms with Crippen molar-refractivity contribution in [3.63, 3.8) is 0 Å². The van der Waals surface area contributed by atoms with Gasteiger partial charge in [0.25, 0.3) is 0 Å². The number of thioether (sulfide) groups is 1. The Morgan fingerprint density at radius 3 is 2.68 bits per heavy atom. The highest BCUT2D eigenvalue weighted by Gasteiger charge is 2.28.